The zero-order chi connectivity index (χ0) is 22.9. The lowest BCUT2D eigenvalue weighted by molar-refractivity contribution is 0.126. The molecule has 9 heteroatoms. The molecule has 0 radical (unpaired) electrons. The molecular formula is C24H21ClN6O2. The Labute approximate surface area is 195 Å². The second-order valence-corrected chi connectivity index (χ2v) is 7.92. The zero-order valence-electron chi connectivity index (χ0n) is 18.4. The molecule has 0 saturated carbocycles. The van der Waals surface area contributed by atoms with E-state index in [-0.39, 0.29) is 6.61 Å². The van der Waals surface area contributed by atoms with Gasteiger partial charge in [-0.05, 0) is 37.6 Å². The first-order valence-corrected chi connectivity index (χ1v) is 10.7. The average Bonchev–Trinajstić information content (AvgIpc) is 3.36. The summed E-state index contributed by atoms with van der Waals surface area (Å²) in [5, 5.41) is 10.0. The van der Waals surface area contributed by atoms with Gasteiger partial charge in [0, 0.05) is 22.3 Å². The first-order valence-electron chi connectivity index (χ1n) is 10.3. The average molecular weight is 461 g/mol. The van der Waals surface area contributed by atoms with E-state index < -0.39 is 0 Å². The van der Waals surface area contributed by atoms with Crippen molar-refractivity contribution in [2.24, 2.45) is 5.16 Å². The van der Waals surface area contributed by atoms with Crippen LogP contribution in [-0.4, -0.2) is 37.5 Å². The van der Waals surface area contributed by atoms with Crippen LogP contribution < -0.4 is 4.74 Å². The molecular weight excluding hydrogens is 440 g/mol. The van der Waals surface area contributed by atoms with Crippen molar-refractivity contribution in [1.82, 2.24) is 24.1 Å². The third-order valence-corrected chi connectivity index (χ3v) is 5.90. The Morgan fingerprint density at radius 3 is 2.76 bits per heavy atom. The zero-order valence-corrected chi connectivity index (χ0v) is 19.1. The van der Waals surface area contributed by atoms with Crippen LogP contribution in [0.2, 0.25) is 5.02 Å². The Balaban J connectivity index is 1.48. The highest BCUT2D eigenvalue weighted by molar-refractivity contribution is 6.33. The largest absolute Gasteiger partial charge is 0.497 e. The van der Waals surface area contributed by atoms with E-state index in [0.29, 0.717) is 10.8 Å². The Hall–Kier alpha value is -3.91. The summed E-state index contributed by atoms with van der Waals surface area (Å²) >= 11 is 6.13. The summed E-state index contributed by atoms with van der Waals surface area (Å²) in [7, 11) is 1.66. The maximum Gasteiger partial charge on any atom is 0.192 e. The first kappa shape index (κ1) is 21.0. The van der Waals surface area contributed by atoms with Gasteiger partial charge in [0.2, 0.25) is 0 Å². The molecule has 5 rings (SSSR count). The highest BCUT2D eigenvalue weighted by Gasteiger charge is 2.19. The number of hydrogen-bond donors (Lipinski definition) is 0. The molecule has 5 aromatic rings. The van der Waals surface area contributed by atoms with Gasteiger partial charge in [-0.15, -0.1) is 5.10 Å². The van der Waals surface area contributed by atoms with Crippen molar-refractivity contribution in [3.63, 3.8) is 0 Å². The van der Waals surface area contributed by atoms with Crippen LogP contribution in [0.4, 0.5) is 0 Å². The molecule has 0 amide bonds. The van der Waals surface area contributed by atoms with Gasteiger partial charge in [-0.1, -0.05) is 41.0 Å². The fraction of sp³-hybridized carbons (Fsp3) is 0.167. The van der Waals surface area contributed by atoms with E-state index in [1.807, 2.05) is 42.5 Å². The fourth-order valence-corrected chi connectivity index (χ4v) is 3.98. The summed E-state index contributed by atoms with van der Waals surface area (Å²) in [6.07, 6.45) is 3.23. The van der Waals surface area contributed by atoms with Gasteiger partial charge in [-0.2, -0.15) is 0 Å². The van der Waals surface area contributed by atoms with Crippen molar-refractivity contribution in [3.05, 3.63) is 82.5 Å². The third kappa shape index (κ3) is 3.78. The highest BCUT2D eigenvalue weighted by Crippen LogP contribution is 2.30. The molecule has 8 nitrogen and oxygen atoms in total. The molecule has 0 fully saturated rings. The van der Waals surface area contributed by atoms with Crippen LogP contribution in [0.5, 0.6) is 5.75 Å². The van der Waals surface area contributed by atoms with Crippen LogP contribution in [-0.2, 0) is 11.4 Å². The summed E-state index contributed by atoms with van der Waals surface area (Å²) < 4.78 is 9.17. The predicted molar refractivity (Wildman–Crippen MR) is 127 cm³/mol. The number of nitrogens with zero attached hydrogens (tertiary/aromatic N) is 6. The molecule has 0 saturated heterocycles. The molecule has 0 N–H and O–H groups in total. The first-order chi connectivity index (χ1) is 16.1. The Kier molecular flexibility index (Phi) is 5.43. The van der Waals surface area contributed by atoms with Crippen molar-refractivity contribution >= 4 is 34.5 Å². The monoisotopic (exact) mass is 460 g/mol. The van der Waals surface area contributed by atoms with Crippen molar-refractivity contribution in [1.29, 1.82) is 0 Å². The van der Waals surface area contributed by atoms with Gasteiger partial charge < -0.3 is 9.57 Å². The Morgan fingerprint density at radius 1 is 1.09 bits per heavy atom. The lowest BCUT2D eigenvalue weighted by Gasteiger charge is -2.09. The molecule has 0 aliphatic heterocycles. The minimum Gasteiger partial charge on any atom is -0.497 e. The van der Waals surface area contributed by atoms with Crippen molar-refractivity contribution in [2.75, 3.05) is 7.11 Å². The topological polar surface area (TPSA) is 78.8 Å². The lowest BCUT2D eigenvalue weighted by Crippen LogP contribution is -1.99. The molecule has 0 aliphatic rings. The maximum absolute atomic E-state index is 6.13. The van der Waals surface area contributed by atoms with Gasteiger partial charge in [0.15, 0.2) is 23.7 Å². The van der Waals surface area contributed by atoms with E-state index in [1.54, 1.807) is 30.2 Å². The number of rotatable bonds is 6. The van der Waals surface area contributed by atoms with Crippen molar-refractivity contribution in [3.8, 4) is 11.4 Å². The van der Waals surface area contributed by atoms with Gasteiger partial charge in [0.05, 0.1) is 24.4 Å². The molecule has 33 heavy (non-hydrogen) atoms. The Bertz CT molecular complexity index is 1500. The van der Waals surface area contributed by atoms with Crippen molar-refractivity contribution < 1.29 is 9.57 Å². The normalized spacial score (nSPS) is 11.6. The second-order valence-electron chi connectivity index (χ2n) is 7.52. The summed E-state index contributed by atoms with van der Waals surface area (Å²) in [6.45, 7) is 4.25. The van der Waals surface area contributed by atoms with Crippen LogP contribution >= 0.6 is 11.6 Å². The number of fused-ring (bicyclic) bond motifs is 3. The van der Waals surface area contributed by atoms with Crippen LogP contribution in [0.3, 0.4) is 0 Å². The summed E-state index contributed by atoms with van der Waals surface area (Å²) in [6, 6.07) is 15.3. The van der Waals surface area contributed by atoms with E-state index in [4.69, 9.17) is 26.2 Å². The molecule has 166 valence electrons. The molecule has 2 aromatic carbocycles. The van der Waals surface area contributed by atoms with Crippen molar-refractivity contribution in [2.45, 2.75) is 20.5 Å². The number of aryl methyl sites for hydroxylation is 1. The van der Waals surface area contributed by atoms with Crippen LogP contribution in [0, 0.1) is 13.8 Å². The molecule has 3 aromatic heterocycles. The third-order valence-electron chi connectivity index (χ3n) is 5.55. The van der Waals surface area contributed by atoms with Gasteiger partial charge in [-0.25, -0.2) is 14.5 Å². The highest BCUT2D eigenvalue weighted by atomic mass is 35.5. The lowest BCUT2D eigenvalue weighted by atomic mass is 10.2. The van der Waals surface area contributed by atoms with E-state index in [9.17, 15) is 0 Å². The number of oxime groups is 1. The maximum atomic E-state index is 6.13. The minimum atomic E-state index is 0.124. The summed E-state index contributed by atoms with van der Waals surface area (Å²) in [4.78, 5) is 14.8. The molecule has 0 aliphatic carbocycles. The number of benzene rings is 2. The number of halogens is 1. The standard InChI is InChI=1S/C24H21ClN6O2/c1-15-16(2)31(18-8-6-9-19(11-18)32-3)23-22(15)24-28-21(29-30(24)14-26-23)13-33-27-12-17-7-4-5-10-20(17)25/h4-12,14H,13H2,1-3H3/b27-12+. The van der Waals surface area contributed by atoms with Gasteiger partial charge >= 0.3 is 0 Å². The number of hydrogen-bond acceptors (Lipinski definition) is 6. The van der Waals surface area contributed by atoms with E-state index in [1.165, 1.54) is 0 Å². The number of ether oxygens (including phenoxy) is 1. The molecule has 0 bridgehead atoms. The van der Waals surface area contributed by atoms with Gasteiger partial charge in [0.1, 0.15) is 12.1 Å². The van der Waals surface area contributed by atoms with Crippen LogP contribution in [0.25, 0.3) is 22.4 Å². The summed E-state index contributed by atoms with van der Waals surface area (Å²) in [5.41, 5.74) is 5.43. The van der Waals surface area contributed by atoms with Gasteiger partial charge in [-0.3, -0.25) is 4.57 Å². The van der Waals surface area contributed by atoms with E-state index in [2.05, 4.69) is 33.7 Å². The SMILES string of the molecule is COc1cccc(-n2c(C)c(C)c3c2ncn2nc(CO/N=C/c4ccccc4Cl)nc32)c1. The molecule has 0 atom stereocenters. The van der Waals surface area contributed by atoms with Gasteiger partial charge in [0.25, 0.3) is 0 Å². The smallest absolute Gasteiger partial charge is 0.192 e. The van der Waals surface area contributed by atoms with E-state index >= 15 is 0 Å². The molecule has 0 spiro atoms. The van der Waals surface area contributed by atoms with Crippen LogP contribution in [0.1, 0.15) is 22.6 Å². The Morgan fingerprint density at radius 2 is 1.94 bits per heavy atom. The predicted octanol–water partition coefficient (Wildman–Crippen LogP) is 4.90. The quantitative estimate of drug-likeness (QED) is 0.266. The second kappa shape index (κ2) is 8.55. The molecule has 0 unspecified atom stereocenters. The summed E-state index contributed by atoms with van der Waals surface area (Å²) in [5.74, 6) is 1.29. The minimum absolute atomic E-state index is 0.124. The number of methoxy groups -OCH3 is 1. The fourth-order valence-electron chi connectivity index (χ4n) is 3.80. The molecule has 3 heterocycles. The van der Waals surface area contributed by atoms with E-state index in [0.717, 1.165) is 44.9 Å². The number of aromatic nitrogens is 5. The van der Waals surface area contributed by atoms with Crippen LogP contribution in [0.15, 0.2) is 60.0 Å².